The van der Waals surface area contributed by atoms with Crippen molar-refractivity contribution in [1.82, 2.24) is 14.5 Å². The van der Waals surface area contributed by atoms with E-state index >= 15 is 0 Å². The highest BCUT2D eigenvalue weighted by atomic mass is 32.2. The van der Waals surface area contributed by atoms with Crippen LogP contribution in [0, 0.1) is 6.92 Å². The highest BCUT2D eigenvalue weighted by Crippen LogP contribution is 2.12. The monoisotopic (exact) mass is 204 g/mol. The van der Waals surface area contributed by atoms with Gasteiger partial charge in [0.2, 0.25) is 0 Å². The van der Waals surface area contributed by atoms with Gasteiger partial charge in [0.1, 0.15) is 0 Å². The van der Waals surface area contributed by atoms with Crippen LogP contribution in [0.3, 0.4) is 0 Å². The average molecular weight is 204 g/mol. The van der Waals surface area contributed by atoms with Crippen molar-refractivity contribution in [3.05, 3.63) is 11.9 Å². The number of hydrogen-bond acceptors (Lipinski definition) is 3. The van der Waals surface area contributed by atoms with Crippen molar-refractivity contribution in [2.75, 3.05) is 18.8 Å². The molecule has 0 aliphatic rings. The highest BCUT2D eigenvalue weighted by Gasteiger charge is 2.14. The van der Waals surface area contributed by atoms with Gasteiger partial charge in [-0.25, -0.2) is 0 Å². The number of nitrogens with zero attached hydrogens (tertiary/aromatic N) is 2. The summed E-state index contributed by atoms with van der Waals surface area (Å²) < 4.78 is 26.1. The molecule has 1 aromatic heterocycles. The summed E-state index contributed by atoms with van der Waals surface area (Å²) in [6.07, 6.45) is 1.43. The van der Waals surface area contributed by atoms with Gasteiger partial charge in [0.15, 0.2) is 0 Å². The van der Waals surface area contributed by atoms with Crippen LogP contribution in [0.2, 0.25) is 0 Å². The number of aromatic amines is 1. The Labute approximate surface area is 77.1 Å². The molecule has 0 bridgehead atoms. The molecule has 0 radical (unpaired) electrons. The van der Waals surface area contributed by atoms with E-state index in [9.17, 15) is 8.42 Å². The van der Waals surface area contributed by atoms with Crippen LogP contribution in [0.1, 0.15) is 5.69 Å². The molecule has 1 rings (SSSR count). The van der Waals surface area contributed by atoms with E-state index in [0.29, 0.717) is 11.4 Å². The molecule has 13 heavy (non-hydrogen) atoms. The summed E-state index contributed by atoms with van der Waals surface area (Å²) in [4.78, 5) is 0. The fraction of sp³-hybridized carbons (Fsp3) is 0.500. The molecule has 2 N–H and O–H groups in total. The molecule has 1 heterocycles. The van der Waals surface area contributed by atoms with Gasteiger partial charge >= 0.3 is 10.2 Å². The van der Waals surface area contributed by atoms with Crippen LogP contribution < -0.4 is 4.72 Å². The standard InChI is InChI=1S/C6H12N4O2S/c1-5-6(4-7-8-5)9-13(11,12)10(2)3/h4,9H,1-3H3,(H,7,8). The lowest BCUT2D eigenvalue weighted by molar-refractivity contribution is 0.527. The Balaban J connectivity index is 2.88. The second-order valence-corrected chi connectivity index (χ2v) is 4.68. The Bertz CT molecular complexity index is 381. The first-order valence-corrected chi connectivity index (χ1v) is 5.08. The second-order valence-electron chi connectivity index (χ2n) is 2.80. The van der Waals surface area contributed by atoms with Gasteiger partial charge in [-0.3, -0.25) is 9.82 Å². The predicted octanol–water partition coefficient (Wildman–Crippen LogP) is -0.0636. The average Bonchev–Trinajstić information content (AvgIpc) is 2.35. The SMILES string of the molecule is Cc1[nH]ncc1NS(=O)(=O)N(C)C. The third-order valence-corrected chi connectivity index (χ3v) is 2.99. The zero-order valence-electron chi connectivity index (χ0n) is 7.70. The minimum absolute atomic E-state index is 0.466. The normalized spacial score (nSPS) is 12.0. The summed E-state index contributed by atoms with van der Waals surface area (Å²) in [5.41, 5.74) is 1.15. The summed E-state index contributed by atoms with van der Waals surface area (Å²) in [6, 6.07) is 0. The van der Waals surface area contributed by atoms with Crippen molar-refractivity contribution in [1.29, 1.82) is 0 Å². The lowest BCUT2D eigenvalue weighted by atomic mass is 10.4. The molecule has 1 aromatic rings. The molecule has 0 saturated heterocycles. The van der Waals surface area contributed by atoms with Gasteiger partial charge < -0.3 is 0 Å². The summed E-state index contributed by atoms with van der Waals surface area (Å²) in [5.74, 6) is 0. The Kier molecular flexibility index (Phi) is 2.58. The van der Waals surface area contributed by atoms with Crippen molar-refractivity contribution in [2.24, 2.45) is 0 Å². The summed E-state index contributed by atoms with van der Waals surface area (Å²) >= 11 is 0. The number of H-pyrrole nitrogens is 1. The molecule has 0 amide bonds. The minimum atomic E-state index is -3.42. The number of anilines is 1. The first-order chi connectivity index (χ1) is 5.93. The van der Waals surface area contributed by atoms with Crippen LogP contribution in [-0.2, 0) is 10.2 Å². The van der Waals surface area contributed by atoms with E-state index in [-0.39, 0.29) is 0 Å². The zero-order chi connectivity index (χ0) is 10.1. The minimum Gasteiger partial charge on any atom is -0.281 e. The molecule has 0 atom stereocenters. The molecule has 0 unspecified atom stereocenters. The first kappa shape index (κ1) is 10.0. The van der Waals surface area contributed by atoms with E-state index in [1.165, 1.54) is 20.3 Å². The first-order valence-electron chi connectivity index (χ1n) is 3.63. The summed E-state index contributed by atoms with van der Waals surface area (Å²) in [7, 11) is -0.508. The van der Waals surface area contributed by atoms with Crippen LogP contribution in [-0.4, -0.2) is 37.0 Å². The molecule has 0 spiro atoms. The number of rotatable bonds is 3. The molecule has 0 aliphatic heterocycles. The third-order valence-electron chi connectivity index (χ3n) is 1.55. The summed E-state index contributed by atoms with van der Waals surface area (Å²) in [5, 5.41) is 6.33. The number of nitrogens with one attached hydrogen (secondary N) is 2. The Hall–Kier alpha value is -1.08. The van der Waals surface area contributed by atoms with Gasteiger partial charge in [0.25, 0.3) is 0 Å². The Morgan fingerprint density at radius 1 is 1.54 bits per heavy atom. The van der Waals surface area contributed by atoms with E-state index in [1.807, 2.05) is 0 Å². The fourth-order valence-electron chi connectivity index (χ4n) is 0.684. The Morgan fingerprint density at radius 2 is 2.15 bits per heavy atom. The smallest absolute Gasteiger partial charge is 0.281 e. The predicted molar refractivity (Wildman–Crippen MR) is 49.6 cm³/mol. The maximum atomic E-state index is 11.3. The number of aryl methyl sites for hydroxylation is 1. The molecule has 7 heteroatoms. The van der Waals surface area contributed by atoms with Gasteiger partial charge in [-0.1, -0.05) is 0 Å². The van der Waals surface area contributed by atoms with Gasteiger partial charge in [0.05, 0.1) is 17.6 Å². The number of hydrogen-bond donors (Lipinski definition) is 2. The van der Waals surface area contributed by atoms with Crippen LogP contribution in [0.15, 0.2) is 6.20 Å². The molecule has 0 saturated carbocycles. The highest BCUT2D eigenvalue weighted by molar-refractivity contribution is 7.90. The zero-order valence-corrected chi connectivity index (χ0v) is 8.51. The molecular weight excluding hydrogens is 192 g/mol. The molecule has 74 valence electrons. The number of aromatic nitrogens is 2. The molecule has 0 aliphatic carbocycles. The summed E-state index contributed by atoms with van der Waals surface area (Å²) in [6.45, 7) is 1.74. The van der Waals surface area contributed by atoms with Crippen LogP contribution in [0.5, 0.6) is 0 Å². The molecular formula is C6H12N4O2S. The second kappa shape index (κ2) is 3.35. The molecule has 0 fully saturated rings. The third kappa shape index (κ3) is 2.19. The fourth-order valence-corrected chi connectivity index (χ4v) is 1.35. The van der Waals surface area contributed by atoms with Gasteiger partial charge in [-0.05, 0) is 6.92 Å². The van der Waals surface area contributed by atoms with Gasteiger partial charge in [-0.15, -0.1) is 0 Å². The van der Waals surface area contributed by atoms with E-state index in [0.717, 1.165) is 4.31 Å². The molecule has 6 nitrogen and oxygen atoms in total. The van der Waals surface area contributed by atoms with Crippen molar-refractivity contribution in [2.45, 2.75) is 6.92 Å². The van der Waals surface area contributed by atoms with E-state index < -0.39 is 10.2 Å². The van der Waals surface area contributed by atoms with E-state index in [4.69, 9.17) is 0 Å². The van der Waals surface area contributed by atoms with Crippen LogP contribution in [0.25, 0.3) is 0 Å². The van der Waals surface area contributed by atoms with Crippen LogP contribution >= 0.6 is 0 Å². The maximum Gasteiger partial charge on any atom is 0.301 e. The van der Waals surface area contributed by atoms with Crippen molar-refractivity contribution < 1.29 is 8.42 Å². The van der Waals surface area contributed by atoms with Crippen molar-refractivity contribution in [3.8, 4) is 0 Å². The van der Waals surface area contributed by atoms with Gasteiger partial charge in [0, 0.05) is 14.1 Å². The van der Waals surface area contributed by atoms with Crippen LogP contribution in [0.4, 0.5) is 5.69 Å². The van der Waals surface area contributed by atoms with E-state index in [1.54, 1.807) is 6.92 Å². The Morgan fingerprint density at radius 3 is 2.54 bits per heavy atom. The topological polar surface area (TPSA) is 78.1 Å². The van der Waals surface area contributed by atoms with Crippen molar-refractivity contribution in [3.63, 3.8) is 0 Å². The quantitative estimate of drug-likeness (QED) is 0.723. The van der Waals surface area contributed by atoms with E-state index in [2.05, 4.69) is 14.9 Å². The van der Waals surface area contributed by atoms with Crippen molar-refractivity contribution >= 4 is 15.9 Å². The molecule has 0 aromatic carbocycles. The van der Waals surface area contributed by atoms with Gasteiger partial charge in [-0.2, -0.15) is 17.8 Å². The lowest BCUT2D eigenvalue weighted by Gasteiger charge is -2.12. The largest absolute Gasteiger partial charge is 0.301 e. The maximum absolute atomic E-state index is 11.3. The lowest BCUT2D eigenvalue weighted by Crippen LogP contribution is -2.29.